The van der Waals surface area contributed by atoms with Crippen molar-refractivity contribution in [2.24, 2.45) is 0 Å². The Hall–Kier alpha value is -0.580. The van der Waals surface area contributed by atoms with Gasteiger partial charge >= 0.3 is 13.8 Å². The summed E-state index contributed by atoms with van der Waals surface area (Å²) >= 11 is 0. The Morgan fingerprint density at radius 2 is 1.23 bits per heavy atom. The molecule has 0 spiro atoms. The third-order valence-electron chi connectivity index (χ3n) is 6.50. The van der Waals surface area contributed by atoms with E-state index in [0.29, 0.717) is 12.8 Å². The highest BCUT2D eigenvalue weighted by atomic mass is 31.2. The Kier molecular flexibility index (Phi) is 26.9. The maximum Gasteiger partial charge on any atom is 0.472 e. The lowest BCUT2D eigenvalue weighted by molar-refractivity contribution is -0.156. The van der Waals surface area contributed by atoms with Crippen LogP contribution in [0.5, 0.6) is 0 Å². The number of rotatable bonds is 30. The largest absolute Gasteiger partial charge is 0.526 e. The third kappa shape index (κ3) is 26.3. The molecule has 0 saturated heterocycles. The van der Waals surface area contributed by atoms with E-state index in [9.17, 15) is 24.5 Å². The summed E-state index contributed by atoms with van der Waals surface area (Å²) in [6, 6.07) is 0. The fraction of sp³-hybridized carbons (Fsp3) is 0.931. The topological polar surface area (TPSA) is 152 Å². The van der Waals surface area contributed by atoms with Crippen LogP contribution in [0.1, 0.15) is 136 Å². The molecule has 11 heteroatoms. The number of hydrogen-bond donors (Lipinski definition) is 4. The van der Waals surface area contributed by atoms with Gasteiger partial charge in [0.05, 0.1) is 19.8 Å². The molecular weight excluding hydrogens is 539 g/mol. The van der Waals surface area contributed by atoms with Gasteiger partial charge in [0.2, 0.25) is 0 Å². The number of carbonyl (C=O) groups is 1. The molecule has 0 radical (unpaired) electrons. The molecule has 0 saturated carbocycles. The Bertz CT molecular complexity index is 622. The maximum atomic E-state index is 12.4. The van der Waals surface area contributed by atoms with Crippen LogP contribution in [-0.4, -0.2) is 64.5 Å². The van der Waals surface area contributed by atoms with Gasteiger partial charge in [0.15, 0.2) is 0 Å². The summed E-state index contributed by atoms with van der Waals surface area (Å²) in [5, 5.41) is 28.2. The molecule has 0 aliphatic carbocycles. The van der Waals surface area contributed by atoms with E-state index in [0.717, 1.165) is 51.6 Å². The number of unbranched alkanes of at least 4 members (excludes halogenated alkanes) is 15. The van der Waals surface area contributed by atoms with Gasteiger partial charge in [-0.3, -0.25) is 13.8 Å². The average Bonchev–Trinajstić information content (AvgIpc) is 2.93. The van der Waals surface area contributed by atoms with Gasteiger partial charge in [0, 0.05) is 12.5 Å². The third-order valence-corrected chi connectivity index (χ3v) is 7.45. The molecular formula is C29H58O10P-. The molecule has 4 atom stereocenters. The zero-order valence-corrected chi connectivity index (χ0v) is 25.9. The molecule has 2 unspecified atom stereocenters. The van der Waals surface area contributed by atoms with Gasteiger partial charge in [0.25, 0.3) is 0 Å². The number of aliphatic hydroxyl groups excluding tert-OH is 3. The standard InChI is InChI=1S/C29H58O10P/c1-3-5-7-9-10-11-12-13-14-15-16-17-19-21-29(33)39-27(24-36-28(32)20-18-8-6-4-2)25-38-40(34,35)37-23-26(31)22-30/h24,26-28,30-32H,3-23,25H2,1-2H3,(H,34,35)/q-1/t26-,27+,28?/m0/s1. The van der Waals surface area contributed by atoms with Gasteiger partial charge in [0.1, 0.15) is 12.4 Å². The van der Waals surface area contributed by atoms with Crippen molar-refractivity contribution in [1.82, 2.24) is 0 Å². The molecule has 0 fully saturated rings. The number of aliphatic hydroxyl groups is 3. The molecule has 0 rings (SSSR count). The monoisotopic (exact) mass is 597 g/mol. The Morgan fingerprint density at radius 3 is 1.75 bits per heavy atom. The van der Waals surface area contributed by atoms with E-state index in [4.69, 9.17) is 19.1 Å². The molecule has 10 nitrogen and oxygen atoms in total. The van der Waals surface area contributed by atoms with Crippen LogP contribution in [0.3, 0.4) is 0 Å². The molecule has 40 heavy (non-hydrogen) atoms. The first-order valence-corrected chi connectivity index (χ1v) is 17.0. The van der Waals surface area contributed by atoms with Crippen LogP contribution >= 0.6 is 7.82 Å². The molecule has 0 aromatic heterocycles. The Labute approximate surface area is 242 Å². The first-order chi connectivity index (χ1) is 19.2. The fourth-order valence-electron chi connectivity index (χ4n) is 4.05. The highest BCUT2D eigenvalue weighted by Crippen LogP contribution is 2.43. The predicted molar refractivity (Wildman–Crippen MR) is 155 cm³/mol. The van der Waals surface area contributed by atoms with Gasteiger partial charge in [-0.1, -0.05) is 110 Å². The molecule has 0 amide bonds. The maximum absolute atomic E-state index is 12.4. The molecule has 0 aromatic rings. The average molecular weight is 598 g/mol. The summed E-state index contributed by atoms with van der Waals surface area (Å²) in [6.45, 7) is 3.62. The second-order valence-corrected chi connectivity index (χ2v) is 11.9. The molecule has 0 bridgehead atoms. The quantitative estimate of drug-likeness (QED) is 0.0243. The number of hydrogen-bond acceptors (Lipinski definition) is 9. The summed E-state index contributed by atoms with van der Waals surface area (Å²) in [5.74, 6) is -0.502. The molecule has 0 heterocycles. The van der Waals surface area contributed by atoms with Gasteiger partial charge in [-0.2, -0.15) is 6.61 Å². The summed E-state index contributed by atoms with van der Waals surface area (Å²) in [4.78, 5) is 22.2. The van der Waals surface area contributed by atoms with Crippen LogP contribution < -0.4 is 0 Å². The first-order valence-electron chi connectivity index (χ1n) is 15.5. The lowest BCUT2D eigenvalue weighted by Crippen LogP contribution is -2.27. The minimum atomic E-state index is -4.58. The van der Waals surface area contributed by atoms with Crippen molar-refractivity contribution in [2.75, 3.05) is 19.8 Å². The molecule has 0 aliphatic heterocycles. The van der Waals surface area contributed by atoms with E-state index >= 15 is 0 Å². The van der Waals surface area contributed by atoms with E-state index in [-0.39, 0.29) is 6.42 Å². The van der Waals surface area contributed by atoms with Crippen molar-refractivity contribution in [2.45, 2.75) is 154 Å². The Balaban J connectivity index is 4.32. The summed E-state index contributed by atoms with van der Waals surface area (Å²) in [5.41, 5.74) is 0. The van der Waals surface area contributed by atoms with Gasteiger partial charge in [-0.15, -0.1) is 0 Å². The van der Waals surface area contributed by atoms with Crippen LogP contribution in [0.25, 0.3) is 0 Å². The molecule has 0 aliphatic rings. The van der Waals surface area contributed by atoms with Crippen molar-refractivity contribution >= 4 is 13.8 Å². The van der Waals surface area contributed by atoms with E-state index < -0.39 is 52.1 Å². The lowest BCUT2D eigenvalue weighted by Gasteiger charge is -2.30. The van der Waals surface area contributed by atoms with Crippen molar-refractivity contribution in [3.05, 3.63) is 6.61 Å². The number of phosphoric acid groups is 1. The van der Waals surface area contributed by atoms with Crippen molar-refractivity contribution in [3.63, 3.8) is 0 Å². The van der Waals surface area contributed by atoms with Crippen LogP contribution in [-0.2, 0) is 27.9 Å². The van der Waals surface area contributed by atoms with Gasteiger partial charge in [-0.05, 0) is 19.3 Å². The van der Waals surface area contributed by atoms with E-state index in [1.54, 1.807) is 0 Å². The van der Waals surface area contributed by atoms with Crippen molar-refractivity contribution < 1.29 is 48.1 Å². The zero-order chi connectivity index (χ0) is 29.9. The van der Waals surface area contributed by atoms with E-state index in [1.807, 2.05) is 0 Å². The Morgan fingerprint density at radius 1 is 0.750 bits per heavy atom. The fourth-order valence-corrected chi connectivity index (χ4v) is 4.82. The minimum absolute atomic E-state index is 0.192. The van der Waals surface area contributed by atoms with E-state index in [1.165, 1.54) is 57.8 Å². The molecule has 240 valence electrons. The minimum Gasteiger partial charge on any atom is -0.526 e. The number of phosphoric ester groups is 1. The molecule has 0 aromatic carbocycles. The number of carbonyl (C=O) groups excluding carboxylic acids is 1. The number of esters is 1. The summed E-state index contributed by atoms with van der Waals surface area (Å²) < 4.78 is 32.2. The van der Waals surface area contributed by atoms with Crippen LogP contribution in [0.2, 0.25) is 0 Å². The molecule has 4 N–H and O–H groups in total. The van der Waals surface area contributed by atoms with Crippen molar-refractivity contribution in [3.8, 4) is 0 Å². The second-order valence-electron chi connectivity index (χ2n) is 10.5. The zero-order valence-electron chi connectivity index (χ0n) is 25.1. The smallest absolute Gasteiger partial charge is 0.472 e. The van der Waals surface area contributed by atoms with Crippen LogP contribution in [0, 0.1) is 6.61 Å². The normalized spacial score (nSPS) is 15.4. The SMILES string of the molecule is CCCCCCCCCCCCCCCC(=O)O[C@H]([CH-]OC(O)CCCCCC)COP(=O)(O)OC[C@@H](O)CO. The lowest BCUT2D eigenvalue weighted by atomic mass is 10.0. The van der Waals surface area contributed by atoms with Gasteiger partial charge in [-0.25, -0.2) is 4.57 Å². The van der Waals surface area contributed by atoms with E-state index in [2.05, 4.69) is 18.4 Å². The van der Waals surface area contributed by atoms with Crippen molar-refractivity contribution in [1.29, 1.82) is 0 Å². The van der Waals surface area contributed by atoms with Gasteiger partial charge < -0.3 is 29.7 Å². The first kappa shape index (κ1) is 39.4. The van der Waals surface area contributed by atoms with Crippen LogP contribution in [0.15, 0.2) is 0 Å². The number of ether oxygens (including phenoxy) is 2. The second kappa shape index (κ2) is 27.3. The predicted octanol–water partition coefficient (Wildman–Crippen LogP) is 6.33. The summed E-state index contributed by atoms with van der Waals surface area (Å²) in [7, 11) is -4.58. The van der Waals surface area contributed by atoms with Crippen LogP contribution in [0.4, 0.5) is 0 Å². The highest BCUT2D eigenvalue weighted by Gasteiger charge is 2.24. The summed E-state index contributed by atoms with van der Waals surface area (Å²) in [6.07, 6.45) is 16.4. The highest BCUT2D eigenvalue weighted by molar-refractivity contribution is 7.47.